The molecule has 0 aromatic heterocycles. The lowest BCUT2D eigenvalue weighted by atomic mass is 10.0. The Morgan fingerprint density at radius 3 is 1.90 bits per heavy atom. The molecule has 0 spiro atoms. The highest BCUT2D eigenvalue weighted by Crippen LogP contribution is 2.17. The molecule has 236 valence electrons. The number of aldehydes is 1. The zero-order valence-corrected chi connectivity index (χ0v) is 25.5. The molecule has 2 rings (SSSR count). The van der Waals surface area contributed by atoms with Crippen molar-refractivity contribution in [2.24, 2.45) is 0 Å². The Hall–Kier alpha value is -3.06. The Balaban J connectivity index is 2.33. The highest BCUT2D eigenvalue weighted by atomic mass is 16.5. The number of carboxylic acid groups (broad SMARTS) is 1. The number of aliphatic carboxylic acids is 1. The number of carboxylic acids is 1. The van der Waals surface area contributed by atoms with Crippen LogP contribution in [0.5, 0.6) is 5.75 Å². The maximum absolute atomic E-state index is 12.7. The van der Waals surface area contributed by atoms with Crippen molar-refractivity contribution < 1.29 is 38.5 Å². The molecular weight excluding hydrogens is 544 g/mol. The van der Waals surface area contributed by atoms with Gasteiger partial charge < -0.3 is 24.1 Å². The molecule has 1 aromatic carbocycles. The summed E-state index contributed by atoms with van der Waals surface area (Å²) in [6.07, 6.45) is 2.55. The van der Waals surface area contributed by atoms with E-state index in [1.54, 1.807) is 0 Å². The SMILES string of the molecule is CCCC(C(=O)OC)N1CCN(CC=O)CCN(C(Cc2ccc(OCC)cc2)C(=O)O)CCN(CC(=O)OC)CC1. The summed E-state index contributed by atoms with van der Waals surface area (Å²) >= 11 is 0. The largest absolute Gasteiger partial charge is 0.494 e. The first kappa shape index (κ1) is 35.1. The van der Waals surface area contributed by atoms with Crippen LogP contribution in [0.3, 0.4) is 0 Å². The molecule has 0 radical (unpaired) electrons. The van der Waals surface area contributed by atoms with Gasteiger partial charge in [-0.25, -0.2) is 0 Å². The first-order valence-corrected chi connectivity index (χ1v) is 14.7. The zero-order chi connectivity index (χ0) is 30.9. The van der Waals surface area contributed by atoms with Crippen molar-refractivity contribution in [1.29, 1.82) is 0 Å². The summed E-state index contributed by atoms with van der Waals surface area (Å²) < 4.78 is 15.5. The van der Waals surface area contributed by atoms with Crippen LogP contribution in [0.25, 0.3) is 0 Å². The van der Waals surface area contributed by atoms with Crippen LogP contribution >= 0.6 is 0 Å². The summed E-state index contributed by atoms with van der Waals surface area (Å²) in [7, 11) is 2.72. The van der Waals surface area contributed by atoms with Crippen molar-refractivity contribution in [3.05, 3.63) is 29.8 Å². The number of esters is 2. The molecule has 2 atom stereocenters. The van der Waals surface area contributed by atoms with Gasteiger partial charge in [0.15, 0.2) is 0 Å². The normalized spacial score (nSPS) is 18.2. The number of benzene rings is 1. The fourth-order valence-corrected chi connectivity index (χ4v) is 5.19. The van der Waals surface area contributed by atoms with Gasteiger partial charge in [0.1, 0.15) is 24.1 Å². The van der Waals surface area contributed by atoms with Crippen molar-refractivity contribution in [3.63, 3.8) is 0 Å². The number of rotatable bonds is 14. The Morgan fingerprint density at radius 2 is 1.43 bits per heavy atom. The minimum Gasteiger partial charge on any atom is -0.494 e. The number of ether oxygens (including phenoxy) is 3. The van der Waals surface area contributed by atoms with Crippen LogP contribution in [0.1, 0.15) is 32.3 Å². The minimum absolute atomic E-state index is 0.0444. The second-order valence-corrected chi connectivity index (χ2v) is 10.4. The third-order valence-corrected chi connectivity index (χ3v) is 7.59. The van der Waals surface area contributed by atoms with Gasteiger partial charge in [0.25, 0.3) is 0 Å². The smallest absolute Gasteiger partial charge is 0.323 e. The molecule has 0 amide bonds. The maximum atomic E-state index is 12.7. The Labute approximate surface area is 249 Å². The van der Waals surface area contributed by atoms with Crippen LogP contribution in [-0.4, -0.2) is 147 Å². The van der Waals surface area contributed by atoms with E-state index < -0.39 is 18.1 Å². The standard InChI is InChI=1S/C30H48N4O8/c1-5-7-26(30(39)41-4)33-16-12-31(20-21-35)13-17-34(19-15-32(14-18-33)23-28(36)40-3)27(29(37)38)22-24-8-10-25(11-9-24)42-6-2/h8-11,21,26-27H,5-7,12-20,22-23H2,1-4H3,(H,37,38). The van der Waals surface area contributed by atoms with Crippen LogP contribution in [0, 0.1) is 0 Å². The van der Waals surface area contributed by atoms with E-state index in [0.29, 0.717) is 65.4 Å². The van der Waals surface area contributed by atoms with Crippen molar-refractivity contribution in [3.8, 4) is 5.75 Å². The van der Waals surface area contributed by atoms with E-state index in [4.69, 9.17) is 14.2 Å². The Kier molecular flexibility index (Phi) is 16.1. The lowest BCUT2D eigenvalue weighted by Gasteiger charge is -2.37. The number of hydrogen-bond acceptors (Lipinski definition) is 11. The molecule has 1 N–H and O–H groups in total. The van der Waals surface area contributed by atoms with E-state index in [0.717, 1.165) is 24.0 Å². The summed E-state index contributed by atoms with van der Waals surface area (Å²) in [4.78, 5) is 56.9. The van der Waals surface area contributed by atoms with Crippen LogP contribution in [0.4, 0.5) is 0 Å². The highest BCUT2D eigenvalue weighted by molar-refractivity contribution is 5.75. The maximum Gasteiger partial charge on any atom is 0.323 e. The molecule has 1 heterocycles. The van der Waals surface area contributed by atoms with Gasteiger partial charge in [0.05, 0.1) is 33.9 Å². The number of carbonyl (C=O) groups excluding carboxylic acids is 3. The number of nitrogens with zero attached hydrogens (tertiary/aromatic N) is 4. The lowest BCUT2D eigenvalue weighted by Crippen LogP contribution is -2.53. The van der Waals surface area contributed by atoms with Crippen molar-refractivity contribution >= 4 is 24.2 Å². The second kappa shape index (κ2) is 19.2. The van der Waals surface area contributed by atoms with Crippen molar-refractivity contribution in [2.45, 2.75) is 45.2 Å². The van der Waals surface area contributed by atoms with E-state index in [9.17, 15) is 24.3 Å². The van der Waals surface area contributed by atoms with Crippen LogP contribution < -0.4 is 4.74 Å². The quantitative estimate of drug-likeness (QED) is 0.245. The fraction of sp³-hybridized carbons (Fsp3) is 0.667. The van der Waals surface area contributed by atoms with E-state index in [1.807, 2.05) is 52.8 Å². The van der Waals surface area contributed by atoms with Gasteiger partial charge in [-0.2, -0.15) is 0 Å². The topological polar surface area (TPSA) is 129 Å². The monoisotopic (exact) mass is 592 g/mol. The van der Waals surface area contributed by atoms with Crippen LogP contribution in [0.2, 0.25) is 0 Å². The van der Waals surface area contributed by atoms with Gasteiger partial charge in [0.2, 0.25) is 0 Å². The third-order valence-electron chi connectivity index (χ3n) is 7.59. The van der Waals surface area contributed by atoms with E-state index >= 15 is 0 Å². The van der Waals surface area contributed by atoms with Crippen molar-refractivity contribution in [2.75, 3.05) is 86.3 Å². The van der Waals surface area contributed by atoms with Crippen LogP contribution in [-0.2, 0) is 35.1 Å². The summed E-state index contributed by atoms with van der Waals surface area (Å²) in [5.41, 5.74) is 0.869. The predicted octanol–water partition coefficient (Wildman–Crippen LogP) is 1.02. The summed E-state index contributed by atoms with van der Waals surface area (Å²) in [6, 6.07) is 6.18. The first-order valence-electron chi connectivity index (χ1n) is 14.7. The van der Waals surface area contributed by atoms with Gasteiger partial charge in [-0.3, -0.25) is 34.0 Å². The lowest BCUT2D eigenvalue weighted by molar-refractivity contribution is -0.148. The molecule has 1 fully saturated rings. The average Bonchev–Trinajstić information content (AvgIpc) is 2.98. The molecule has 42 heavy (non-hydrogen) atoms. The highest BCUT2D eigenvalue weighted by Gasteiger charge is 2.30. The molecule has 2 unspecified atom stereocenters. The summed E-state index contributed by atoms with van der Waals surface area (Å²) in [5, 5.41) is 10.3. The average molecular weight is 593 g/mol. The van der Waals surface area contributed by atoms with Crippen LogP contribution in [0.15, 0.2) is 24.3 Å². The van der Waals surface area contributed by atoms with Gasteiger partial charge in [0, 0.05) is 52.4 Å². The molecule has 1 saturated heterocycles. The Morgan fingerprint density at radius 1 is 0.857 bits per heavy atom. The van der Waals surface area contributed by atoms with Gasteiger partial charge in [-0.05, 0) is 37.5 Å². The molecular formula is C30H48N4O8. The second-order valence-electron chi connectivity index (χ2n) is 10.4. The number of hydrogen-bond donors (Lipinski definition) is 1. The van der Waals surface area contributed by atoms with E-state index in [2.05, 4.69) is 4.90 Å². The molecule has 0 saturated carbocycles. The fourth-order valence-electron chi connectivity index (χ4n) is 5.19. The van der Waals surface area contributed by atoms with Gasteiger partial charge >= 0.3 is 17.9 Å². The molecule has 12 nitrogen and oxygen atoms in total. The van der Waals surface area contributed by atoms with Gasteiger partial charge in [-0.1, -0.05) is 25.5 Å². The molecule has 0 aliphatic carbocycles. The predicted molar refractivity (Wildman–Crippen MR) is 158 cm³/mol. The molecule has 0 bridgehead atoms. The molecule has 1 aromatic rings. The molecule has 1 aliphatic heterocycles. The van der Waals surface area contributed by atoms with Crippen molar-refractivity contribution in [1.82, 2.24) is 19.6 Å². The Bertz CT molecular complexity index is 977. The minimum atomic E-state index is -0.941. The first-order chi connectivity index (χ1) is 20.3. The van der Waals surface area contributed by atoms with E-state index in [1.165, 1.54) is 14.2 Å². The summed E-state index contributed by atoms with van der Waals surface area (Å²) in [6.45, 7) is 8.34. The number of carbonyl (C=O) groups is 4. The van der Waals surface area contributed by atoms with E-state index in [-0.39, 0.29) is 31.4 Å². The summed E-state index contributed by atoms with van der Waals surface area (Å²) in [5.74, 6) is -0.913. The van der Waals surface area contributed by atoms with Gasteiger partial charge in [-0.15, -0.1) is 0 Å². The number of methoxy groups -OCH3 is 2. The molecule has 12 heteroatoms. The molecule has 1 aliphatic rings. The zero-order valence-electron chi connectivity index (χ0n) is 25.5. The third kappa shape index (κ3) is 11.7.